The van der Waals surface area contributed by atoms with Gasteiger partial charge in [-0.15, -0.1) is 10.2 Å². The number of hydrogen-bond donors (Lipinski definition) is 1. The summed E-state index contributed by atoms with van der Waals surface area (Å²) in [7, 11) is 0. The Morgan fingerprint density at radius 2 is 1.72 bits per heavy atom. The van der Waals surface area contributed by atoms with Crippen molar-refractivity contribution < 1.29 is 4.79 Å². The number of aromatic nitrogens is 2. The molecule has 1 aliphatic heterocycles. The summed E-state index contributed by atoms with van der Waals surface area (Å²) in [5.41, 5.74) is 3.51. The normalized spacial score (nSPS) is 14.6. The summed E-state index contributed by atoms with van der Waals surface area (Å²) in [5.74, 6) is 0.568. The summed E-state index contributed by atoms with van der Waals surface area (Å²) in [4.78, 5) is 17.1. The molecule has 1 saturated heterocycles. The van der Waals surface area contributed by atoms with Crippen molar-refractivity contribution in [2.24, 2.45) is 0 Å². The standard InChI is InChI=1S/C23H25N5O/c1-18-6-5-9-20(16-18)24-23(29)21-10-11-22(26-25-21)28-14-12-27(13-15-28)17-19-7-3-2-4-8-19/h2-11,16H,12-15,17H2,1H3,(H,24,29). The minimum absolute atomic E-state index is 0.248. The molecule has 3 aromatic rings. The number of nitrogens with one attached hydrogen (secondary N) is 1. The first-order valence-electron chi connectivity index (χ1n) is 9.90. The fraction of sp³-hybridized carbons (Fsp3) is 0.261. The monoisotopic (exact) mass is 387 g/mol. The number of amides is 1. The van der Waals surface area contributed by atoms with E-state index < -0.39 is 0 Å². The second kappa shape index (κ2) is 8.84. The van der Waals surface area contributed by atoms with Crippen LogP contribution >= 0.6 is 0 Å². The number of anilines is 2. The molecule has 0 unspecified atom stereocenters. The number of carbonyl (C=O) groups excluding carboxylic acids is 1. The zero-order valence-electron chi connectivity index (χ0n) is 16.6. The fourth-order valence-electron chi connectivity index (χ4n) is 3.51. The molecule has 0 aliphatic carbocycles. The van der Waals surface area contributed by atoms with Gasteiger partial charge >= 0.3 is 0 Å². The van der Waals surface area contributed by atoms with Gasteiger partial charge in [0, 0.05) is 38.4 Å². The molecule has 1 fully saturated rings. The summed E-state index contributed by atoms with van der Waals surface area (Å²) >= 11 is 0. The molecule has 0 spiro atoms. The van der Waals surface area contributed by atoms with Gasteiger partial charge in [0.05, 0.1) is 0 Å². The lowest BCUT2D eigenvalue weighted by molar-refractivity contribution is 0.102. The Hall–Kier alpha value is -3.25. The molecule has 1 N–H and O–H groups in total. The van der Waals surface area contributed by atoms with Crippen molar-refractivity contribution >= 4 is 17.4 Å². The number of aryl methyl sites for hydroxylation is 1. The van der Waals surface area contributed by atoms with Crippen LogP contribution in [0, 0.1) is 6.92 Å². The van der Waals surface area contributed by atoms with Crippen molar-refractivity contribution in [1.29, 1.82) is 0 Å². The SMILES string of the molecule is Cc1cccc(NC(=O)c2ccc(N3CCN(Cc4ccccc4)CC3)nn2)c1. The summed E-state index contributed by atoms with van der Waals surface area (Å²) in [6.07, 6.45) is 0. The zero-order chi connectivity index (χ0) is 20.1. The summed E-state index contributed by atoms with van der Waals surface area (Å²) in [5, 5.41) is 11.3. The first kappa shape index (κ1) is 19.1. The second-order valence-corrected chi connectivity index (χ2v) is 7.35. The van der Waals surface area contributed by atoms with Gasteiger partial charge in [0.2, 0.25) is 0 Å². The van der Waals surface area contributed by atoms with Crippen molar-refractivity contribution in [3.05, 3.63) is 83.6 Å². The topological polar surface area (TPSA) is 61.4 Å². The molecule has 1 aliphatic rings. The molecule has 0 bridgehead atoms. The average Bonchev–Trinajstić information content (AvgIpc) is 2.75. The Kier molecular flexibility index (Phi) is 5.81. The van der Waals surface area contributed by atoms with Crippen LogP contribution in [0.4, 0.5) is 11.5 Å². The molecule has 148 valence electrons. The highest BCUT2D eigenvalue weighted by Crippen LogP contribution is 2.16. The Morgan fingerprint density at radius 3 is 2.41 bits per heavy atom. The van der Waals surface area contributed by atoms with Crippen LogP contribution in [-0.4, -0.2) is 47.2 Å². The molecule has 0 radical (unpaired) electrons. The molecular weight excluding hydrogens is 362 g/mol. The minimum atomic E-state index is -0.248. The van der Waals surface area contributed by atoms with Crippen molar-refractivity contribution in [3.63, 3.8) is 0 Å². The molecule has 2 aromatic carbocycles. The molecular formula is C23H25N5O. The maximum absolute atomic E-state index is 12.4. The second-order valence-electron chi connectivity index (χ2n) is 7.35. The predicted octanol–water partition coefficient (Wildman–Crippen LogP) is 3.36. The summed E-state index contributed by atoms with van der Waals surface area (Å²) in [6.45, 7) is 6.72. The van der Waals surface area contributed by atoms with E-state index in [9.17, 15) is 4.79 Å². The van der Waals surface area contributed by atoms with Crippen LogP contribution in [0.5, 0.6) is 0 Å². The Balaban J connectivity index is 1.32. The molecule has 2 heterocycles. The third-order valence-electron chi connectivity index (χ3n) is 5.10. The van der Waals surface area contributed by atoms with Gasteiger partial charge in [-0.25, -0.2) is 0 Å². The number of rotatable bonds is 5. The molecule has 1 amide bonds. The van der Waals surface area contributed by atoms with E-state index in [1.165, 1.54) is 5.56 Å². The number of carbonyl (C=O) groups is 1. The van der Waals surface area contributed by atoms with Gasteiger partial charge in [0.25, 0.3) is 5.91 Å². The Morgan fingerprint density at radius 1 is 0.931 bits per heavy atom. The number of piperazine rings is 1. The number of nitrogens with zero attached hydrogens (tertiary/aromatic N) is 4. The lowest BCUT2D eigenvalue weighted by atomic mass is 10.2. The highest BCUT2D eigenvalue weighted by molar-refractivity contribution is 6.02. The van der Waals surface area contributed by atoms with Gasteiger partial charge in [-0.1, -0.05) is 42.5 Å². The van der Waals surface area contributed by atoms with Crippen molar-refractivity contribution in [2.75, 3.05) is 36.4 Å². The van der Waals surface area contributed by atoms with Crippen molar-refractivity contribution in [1.82, 2.24) is 15.1 Å². The third-order valence-corrected chi connectivity index (χ3v) is 5.10. The van der Waals surface area contributed by atoms with Gasteiger partial charge in [0.15, 0.2) is 11.5 Å². The van der Waals surface area contributed by atoms with E-state index in [2.05, 4.69) is 49.6 Å². The highest BCUT2D eigenvalue weighted by atomic mass is 16.1. The van der Waals surface area contributed by atoms with Gasteiger partial charge in [-0.05, 0) is 42.3 Å². The first-order valence-corrected chi connectivity index (χ1v) is 9.90. The molecule has 6 heteroatoms. The van der Waals surface area contributed by atoms with E-state index in [-0.39, 0.29) is 5.91 Å². The summed E-state index contributed by atoms with van der Waals surface area (Å²) in [6, 6.07) is 21.9. The van der Waals surface area contributed by atoms with Crippen molar-refractivity contribution in [2.45, 2.75) is 13.5 Å². The van der Waals surface area contributed by atoms with E-state index >= 15 is 0 Å². The van der Waals surface area contributed by atoms with E-state index in [1.807, 2.05) is 43.3 Å². The van der Waals surface area contributed by atoms with Crippen LogP contribution in [0.15, 0.2) is 66.7 Å². The first-order chi connectivity index (χ1) is 14.2. The number of hydrogen-bond acceptors (Lipinski definition) is 5. The average molecular weight is 387 g/mol. The number of benzene rings is 2. The lowest BCUT2D eigenvalue weighted by Gasteiger charge is -2.35. The van der Waals surface area contributed by atoms with Crippen LogP contribution < -0.4 is 10.2 Å². The molecule has 0 saturated carbocycles. The highest BCUT2D eigenvalue weighted by Gasteiger charge is 2.19. The van der Waals surface area contributed by atoms with Crippen LogP contribution in [0.1, 0.15) is 21.6 Å². The quantitative estimate of drug-likeness (QED) is 0.727. The van der Waals surface area contributed by atoms with Crippen LogP contribution in [0.2, 0.25) is 0 Å². The van der Waals surface area contributed by atoms with E-state index in [0.29, 0.717) is 5.69 Å². The summed E-state index contributed by atoms with van der Waals surface area (Å²) < 4.78 is 0. The van der Waals surface area contributed by atoms with E-state index in [4.69, 9.17) is 0 Å². The maximum Gasteiger partial charge on any atom is 0.276 e. The largest absolute Gasteiger partial charge is 0.353 e. The van der Waals surface area contributed by atoms with E-state index in [1.54, 1.807) is 6.07 Å². The van der Waals surface area contributed by atoms with Crippen LogP contribution in [-0.2, 0) is 6.54 Å². The molecule has 6 nitrogen and oxygen atoms in total. The Bertz CT molecular complexity index is 951. The smallest absolute Gasteiger partial charge is 0.276 e. The molecule has 1 aromatic heterocycles. The lowest BCUT2D eigenvalue weighted by Crippen LogP contribution is -2.46. The Labute approximate surface area is 171 Å². The maximum atomic E-state index is 12.4. The molecule has 0 atom stereocenters. The van der Waals surface area contributed by atoms with Crippen LogP contribution in [0.25, 0.3) is 0 Å². The molecule has 29 heavy (non-hydrogen) atoms. The molecule has 4 rings (SSSR count). The van der Waals surface area contributed by atoms with Gasteiger partial charge in [-0.3, -0.25) is 9.69 Å². The predicted molar refractivity (Wildman–Crippen MR) is 115 cm³/mol. The minimum Gasteiger partial charge on any atom is -0.353 e. The third kappa shape index (κ3) is 4.97. The zero-order valence-corrected chi connectivity index (χ0v) is 16.6. The van der Waals surface area contributed by atoms with Gasteiger partial charge < -0.3 is 10.2 Å². The van der Waals surface area contributed by atoms with Gasteiger partial charge in [-0.2, -0.15) is 0 Å². The van der Waals surface area contributed by atoms with E-state index in [0.717, 1.165) is 49.8 Å². The van der Waals surface area contributed by atoms with Crippen molar-refractivity contribution in [3.8, 4) is 0 Å². The fourth-order valence-corrected chi connectivity index (χ4v) is 3.51. The van der Waals surface area contributed by atoms with Gasteiger partial charge in [0.1, 0.15) is 0 Å². The van der Waals surface area contributed by atoms with Crippen LogP contribution in [0.3, 0.4) is 0 Å².